The maximum absolute atomic E-state index is 12.0. The molecule has 7 nitrogen and oxygen atoms in total. The van der Waals surface area contributed by atoms with Crippen molar-refractivity contribution in [3.05, 3.63) is 46.1 Å². The lowest BCUT2D eigenvalue weighted by Gasteiger charge is -2.02. The zero-order valence-electron chi connectivity index (χ0n) is 11.3. The van der Waals surface area contributed by atoms with Crippen LogP contribution >= 0.6 is 0 Å². The van der Waals surface area contributed by atoms with E-state index in [2.05, 4.69) is 15.4 Å². The fraction of sp³-hybridized carbons (Fsp3) is 0.308. The molecule has 0 aliphatic heterocycles. The number of amides is 1. The average molecular weight is 276 g/mol. The summed E-state index contributed by atoms with van der Waals surface area (Å²) in [5.41, 5.74) is 0.996. The van der Waals surface area contributed by atoms with Crippen molar-refractivity contribution in [2.45, 2.75) is 13.5 Å². The van der Waals surface area contributed by atoms with Crippen molar-refractivity contribution in [2.75, 3.05) is 19.0 Å². The molecule has 0 aromatic carbocycles. The second-order valence-corrected chi connectivity index (χ2v) is 4.33. The highest BCUT2D eigenvalue weighted by atomic mass is 16.5. The van der Waals surface area contributed by atoms with E-state index in [4.69, 9.17) is 4.74 Å². The third-order valence-electron chi connectivity index (χ3n) is 2.72. The summed E-state index contributed by atoms with van der Waals surface area (Å²) < 4.78 is 6.59. The molecule has 0 radical (unpaired) electrons. The Hall–Kier alpha value is -2.41. The van der Waals surface area contributed by atoms with Crippen molar-refractivity contribution < 1.29 is 9.53 Å². The van der Waals surface area contributed by atoms with Crippen LogP contribution < -0.4 is 10.7 Å². The van der Waals surface area contributed by atoms with Crippen LogP contribution in [0.1, 0.15) is 16.1 Å². The molecule has 0 spiro atoms. The third kappa shape index (κ3) is 3.33. The number of aryl methyl sites for hydroxylation is 1. The number of nitrogens with zero attached hydrogens (tertiary/aromatic N) is 2. The van der Waals surface area contributed by atoms with Gasteiger partial charge in [0.05, 0.1) is 25.0 Å². The number of methoxy groups -OCH3 is 1. The normalized spacial score (nSPS) is 10.5. The van der Waals surface area contributed by atoms with E-state index in [1.807, 2.05) is 0 Å². The zero-order chi connectivity index (χ0) is 14.5. The first-order valence-corrected chi connectivity index (χ1v) is 6.12. The van der Waals surface area contributed by atoms with Gasteiger partial charge < -0.3 is 15.0 Å². The average Bonchev–Trinajstić information content (AvgIpc) is 2.83. The van der Waals surface area contributed by atoms with Crippen molar-refractivity contribution in [1.29, 1.82) is 0 Å². The summed E-state index contributed by atoms with van der Waals surface area (Å²) in [7, 11) is 1.61. The Morgan fingerprint density at radius 2 is 2.35 bits per heavy atom. The lowest BCUT2D eigenvalue weighted by molar-refractivity contribution is 0.102. The number of hydrogen-bond acceptors (Lipinski definition) is 4. The molecule has 106 valence electrons. The predicted molar refractivity (Wildman–Crippen MR) is 73.9 cm³/mol. The van der Waals surface area contributed by atoms with Gasteiger partial charge in [0.25, 0.3) is 5.91 Å². The smallest absolute Gasteiger partial charge is 0.261 e. The van der Waals surface area contributed by atoms with Crippen LogP contribution in [-0.2, 0) is 11.3 Å². The molecule has 0 aliphatic carbocycles. The molecular weight excluding hydrogens is 260 g/mol. The fourth-order valence-corrected chi connectivity index (χ4v) is 1.68. The lowest BCUT2D eigenvalue weighted by Crippen LogP contribution is -2.21. The standard InChI is InChI=1S/C13H16N4O3/c1-9-5-12(18)11(7-14-9)13(19)16-10-6-15-17(8-10)3-4-20-2/h5-8H,3-4H2,1-2H3,(H,14,18)(H,16,19). The van der Waals surface area contributed by atoms with E-state index in [-0.39, 0.29) is 11.0 Å². The van der Waals surface area contributed by atoms with E-state index >= 15 is 0 Å². The summed E-state index contributed by atoms with van der Waals surface area (Å²) in [6.45, 7) is 2.88. The Morgan fingerprint density at radius 3 is 3.05 bits per heavy atom. The maximum atomic E-state index is 12.0. The second-order valence-electron chi connectivity index (χ2n) is 4.33. The van der Waals surface area contributed by atoms with Gasteiger partial charge >= 0.3 is 0 Å². The number of pyridine rings is 1. The highest BCUT2D eigenvalue weighted by molar-refractivity contribution is 6.03. The lowest BCUT2D eigenvalue weighted by atomic mass is 10.2. The van der Waals surface area contributed by atoms with E-state index in [9.17, 15) is 9.59 Å². The van der Waals surface area contributed by atoms with Crippen molar-refractivity contribution >= 4 is 11.6 Å². The van der Waals surface area contributed by atoms with Gasteiger partial charge in [-0.2, -0.15) is 5.10 Å². The van der Waals surface area contributed by atoms with Crippen LogP contribution in [0.3, 0.4) is 0 Å². The SMILES string of the molecule is COCCn1cc(NC(=O)c2c[nH]c(C)cc2=O)cn1. The molecule has 0 saturated carbocycles. The molecule has 0 atom stereocenters. The van der Waals surface area contributed by atoms with Crippen LogP contribution in [-0.4, -0.2) is 34.4 Å². The quantitative estimate of drug-likeness (QED) is 0.844. The highest BCUT2D eigenvalue weighted by Gasteiger charge is 2.11. The molecule has 20 heavy (non-hydrogen) atoms. The molecular formula is C13H16N4O3. The number of ether oxygens (including phenoxy) is 1. The molecule has 2 aromatic rings. The first-order chi connectivity index (χ1) is 9.60. The van der Waals surface area contributed by atoms with Crippen LogP contribution in [0.5, 0.6) is 0 Å². The van der Waals surface area contributed by atoms with Crippen molar-refractivity contribution in [2.24, 2.45) is 0 Å². The minimum atomic E-state index is -0.461. The molecule has 0 saturated heterocycles. The van der Waals surface area contributed by atoms with E-state index < -0.39 is 5.91 Å². The van der Waals surface area contributed by atoms with E-state index in [0.29, 0.717) is 24.5 Å². The summed E-state index contributed by atoms with van der Waals surface area (Å²) >= 11 is 0. The molecule has 2 heterocycles. The highest BCUT2D eigenvalue weighted by Crippen LogP contribution is 2.06. The van der Waals surface area contributed by atoms with Crippen LogP contribution in [0, 0.1) is 6.92 Å². The minimum absolute atomic E-state index is 0.0697. The number of H-pyrrole nitrogens is 1. The number of rotatable bonds is 5. The van der Waals surface area contributed by atoms with Gasteiger partial charge in [-0.15, -0.1) is 0 Å². The molecule has 0 aliphatic rings. The van der Waals surface area contributed by atoms with Gasteiger partial charge in [-0.3, -0.25) is 14.3 Å². The van der Waals surface area contributed by atoms with Crippen molar-refractivity contribution in [1.82, 2.24) is 14.8 Å². The van der Waals surface area contributed by atoms with Crippen LogP contribution in [0.4, 0.5) is 5.69 Å². The molecule has 1 amide bonds. The first-order valence-electron chi connectivity index (χ1n) is 6.12. The summed E-state index contributed by atoms with van der Waals surface area (Å²) in [6.07, 6.45) is 4.61. The molecule has 0 unspecified atom stereocenters. The molecule has 2 rings (SSSR count). The van der Waals surface area contributed by atoms with Gasteiger partial charge in [0.15, 0.2) is 5.43 Å². The number of aromatic amines is 1. The topological polar surface area (TPSA) is 89.0 Å². The van der Waals surface area contributed by atoms with Crippen LogP contribution in [0.15, 0.2) is 29.5 Å². The summed E-state index contributed by atoms with van der Waals surface area (Å²) in [6, 6.07) is 1.39. The monoisotopic (exact) mass is 276 g/mol. The molecule has 0 bridgehead atoms. The van der Waals surface area contributed by atoms with E-state index in [1.54, 1.807) is 24.9 Å². The van der Waals surface area contributed by atoms with Gasteiger partial charge in [0.1, 0.15) is 5.56 Å². The van der Waals surface area contributed by atoms with Crippen LogP contribution in [0.2, 0.25) is 0 Å². The Kier molecular flexibility index (Phi) is 4.31. The summed E-state index contributed by atoms with van der Waals surface area (Å²) in [4.78, 5) is 26.5. The predicted octanol–water partition coefficient (Wildman–Crippen LogP) is 0.779. The Morgan fingerprint density at radius 1 is 1.55 bits per heavy atom. The van der Waals surface area contributed by atoms with Gasteiger partial charge in [-0.25, -0.2) is 0 Å². The maximum Gasteiger partial charge on any atom is 0.261 e. The Balaban J connectivity index is 2.07. The number of hydrogen-bond donors (Lipinski definition) is 2. The fourth-order valence-electron chi connectivity index (χ4n) is 1.68. The number of carbonyl (C=O) groups is 1. The second kappa shape index (κ2) is 6.16. The summed E-state index contributed by atoms with van der Waals surface area (Å²) in [5, 5.41) is 6.71. The number of anilines is 1. The molecule has 0 fully saturated rings. The van der Waals surface area contributed by atoms with Crippen LogP contribution in [0.25, 0.3) is 0 Å². The Labute approximate surface area is 115 Å². The third-order valence-corrected chi connectivity index (χ3v) is 2.72. The van der Waals surface area contributed by atoms with E-state index in [1.165, 1.54) is 18.5 Å². The Bertz CT molecular complexity index is 660. The van der Waals surface area contributed by atoms with Gasteiger partial charge in [0, 0.05) is 31.3 Å². The summed E-state index contributed by atoms with van der Waals surface area (Å²) in [5.74, 6) is -0.461. The minimum Gasteiger partial charge on any atom is -0.383 e. The van der Waals surface area contributed by atoms with Gasteiger partial charge in [-0.1, -0.05) is 0 Å². The van der Waals surface area contributed by atoms with Gasteiger partial charge in [-0.05, 0) is 6.92 Å². The molecule has 2 N–H and O–H groups in total. The van der Waals surface area contributed by atoms with Crippen molar-refractivity contribution in [3.63, 3.8) is 0 Å². The van der Waals surface area contributed by atoms with Crippen molar-refractivity contribution in [3.8, 4) is 0 Å². The number of nitrogens with one attached hydrogen (secondary N) is 2. The number of aromatic nitrogens is 3. The van der Waals surface area contributed by atoms with Gasteiger partial charge in [0.2, 0.25) is 0 Å². The first kappa shape index (κ1) is 14.0. The molecule has 2 aromatic heterocycles. The molecule has 7 heteroatoms. The van der Waals surface area contributed by atoms with E-state index in [0.717, 1.165) is 0 Å². The largest absolute Gasteiger partial charge is 0.383 e. The number of carbonyl (C=O) groups excluding carboxylic acids is 1. The zero-order valence-corrected chi connectivity index (χ0v) is 11.3.